The lowest BCUT2D eigenvalue weighted by Crippen LogP contribution is -2.29. The van der Waals surface area contributed by atoms with E-state index in [1.807, 2.05) is 24.3 Å². The van der Waals surface area contributed by atoms with Gasteiger partial charge in [0.15, 0.2) is 0 Å². The number of rotatable bonds is 6. The average molecular weight is 243 g/mol. The molecule has 1 aromatic carbocycles. The van der Waals surface area contributed by atoms with Gasteiger partial charge in [-0.25, -0.2) is 0 Å². The lowest BCUT2D eigenvalue weighted by Gasteiger charge is -2.06. The van der Waals surface area contributed by atoms with Crippen molar-refractivity contribution in [1.82, 2.24) is 5.32 Å². The molecule has 0 unspecified atom stereocenters. The number of nitrogens with one attached hydrogen (secondary N) is 2. The van der Waals surface area contributed by atoms with Gasteiger partial charge in [0, 0.05) is 5.69 Å². The maximum Gasteiger partial charge on any atom is 0.238 e. The summed E-state index contributed by atoms with van der Waals surface area (Å²) in [6, 6.07) is 9.46. The minimum atomic E-state index is -0.0244. The summed E-state index contributed by atoms with van der Waals surface area (Å²) in [7, 11) is 0. The minimum absolute atomic E-state index is 0.0244. The second-order valence-corrected chi connectivity index (χ2v) is 4.65. The lowest BCUT2D eigenvalue weighted by molar-refractivity contribution is -0.115. The van der Waals surface area contributed by atoms with Gasteiger partial charge in [-0.1, -0.05) is 12.1 Å². The van der Waals surface area contributed by atoms with E-state index >= 15 is 0 Å². The van der Waals surface area contributed by atoms with Gasteiger partial charge in [-0.05, 0) is 43.0 Å². The average Bonchev–Trinajstić information content (AvgIpc) is 3.16. The number of nitrogens with zero attached hydrogens (tertiary/aromatic N) is 1. The fourth-order valence-electron chi connectivity index (χ4n) is 1.71. The van der Waals surface area contributed by atoms with Crippen LogP contribution < -0.4 is 10.6 Å². The second kappa shape index (κ2) is 6.18. The Bertz CT molecular complexity index is 443. The highest BCUT2D eigenvalue weighted by molar-refractivity contribution is 5.92. The predicted molar refractivity (Wildman–Crippen MR) is 70.0 cm³/mol. The molecule has 0 spiro atoms. The molecule has 0 saturated heterocycles. The van der Waals surface area contributed by atoms with E-state index < -0.39 is 0 Å². The van der Waals surface area contributed by atoms with Gasteiger partial charge in [0.05, 0.1) is 19.0 Å². The molecule has 1 amide bonds. The molecule has 0 aromatic heterocycles. The summed E-state index contributed by atoms with van der Waals surface area (Å²) in [4.78, 5) is 11.6. The van der Waals surface area contributed by atoms with Gasteiger partial charge in [0.2, 0.25) is 5.91 Å². The molecular weight excluding hydrogens is 226 g/mol. The first-order chi connectivity index (χ1) is 8.78. The maximum absolute atomic E-state index is 11.6. The minimum Gasteiger partial charge on any atom is -0.325 e. The van der Waals surface area contributed by atoms with Crippen molar-refractivity contribution in [3.05, 3.63) is 29.8 Å². The summed E-state index contributed by atoms with van der Waals surface area (Å²) in [5.41, 5.74) is 1.73. The van der Waals surface area contributed by atoms with Crippen molar-refractivity contribution in [1.29, 1.82) is 5.26 Å². The Morgan fingerprint density at radius 3 is 2.67 bits per heavy atom. The van der Waals surface area contributed by atoms with Gasteiger partial charge in [-0.3, -0.25) is 4.79 Å². The second-order valence-electron chi connectivity index (χ2n) is 4.65. The maximum atomic E-state index is 11.6. The van der Waals surface area contributed by atoms with E-state index in [1.54, 1.807) is 0 Å². The van der Waals surface area contributed by atoms with Crippen molar-refractivity contribution < 1.29 is 4.79 Å². The molecule has 94 valence electrons. The molecule has 18 heavy (non-hydrogen) atoms. The zero-order valence-corrected chi connectivity index (χ0v) is 10.3. The number of hydrogen-bond donors (Lipinski definition) is 2. The molecule has 4 nitrogen and oxygen atoms in total. The first kappa shape index (κ1) is 12.6. The molecular formula is C14H17N3O. The molecule has 0 atom stereocenters. The van der Waals surface area contributed by atoms with E-state index in [9.17, 15) is 4.79 Å². The Hall–Kier alpha value is -1.86. The number of anilines is 1. The van der Waals surface area contributed by atoms with Gasteiger partial charge in [0.25, 0.3) is 0 Å². The molecule has 1 aliphatic carbocycles. The Balaban J connectivity index is 1.73. The highest BCUT2D eigenvalue weighted by atomic mass is 16.1. The molecule has 2 rings (SSSR count). The van der Waals surface area contributed by atoms with Crippen molar-refractivity contribution in [2.24, 2.45) is 5.92 Å². The zero-order chi connectivity index (χ0) is 12.8. The number of hydrogen-bond acceptors (Lipinski definition) is 3. The van der Waals surface area contributed by atoms with Crippen LogP contribution in [0.15, 0.2) is 24.3 Å². The van der Waals surface area contributed by atoms with Crippen LogP contribution in [0.3, 0.4) is 0 Å². The normalized spacial score (nSPS) is 13.9. The van der Waals surface area contributed by atoms with Gasteiger partial charge < -0.3 is 10.6 Å². The van der Waals surface area contributed by atoms with Crippen molar-refractivity contribution >= 4 is 11.6 Å². The van der Waals surface area contributed by atoms with Crippen LogP contribution >= 0.6 is 0 Å². The van der Waals surface area contributed by atoms with Crippen LogP contribution in [0.25, 0.3) is 0 Å². The number of carbonyl (C=O) groups is 1. The van der Waals surface area contributed by atoms with Crippen molar-refractivity contribution in [2.45, 2.75) is 19.3 Å². The summed E-state index contributed by atoms with van der Waals surface area (Å²) in [5, 5.41) is 14.5. The van der Waals surface area contributed by atoms with Gasteiger partial charge in [0.1, 0.15) is 0 Å². The standard InChI is InChI=1S/C14H17N3O/c15-8-7-11-3-5-13(6-4-11)17-14(18)10-16-9-12-1-2-12/h3-6,12,16H,1-2,7,9-10H2,(H,17,18). The third-order valence-corrected chi connectivity index (χ3v) is 2.94. The highest BCUT2D eigenvalue weighted by Crippen LogP contribution is 2.27. The molecule has 0 radical (unpaired) electrons. The van der Waals surface area contributed by atoms with Crippen LogP contribution in [0, 0.1) is 17.2 Å². The quantitative estimate of drug-likeness (QED) is 0.799. The largest absolute Gasteiger partial charge is 0.325 e. The number of nitriles is 1. The van der Waals surface area contributed by atoms with Gasteiger partial charge in [-0.2, -0.15) is 5.26 Å². The number of amides is 1. The zero-order valence-electron chi connectivity index (χ0n) is 10.3. The fourth-order valence-corrected chi connectivity index (χ4v) is 1.71. The lowest BCUT2D eigenvalue weighted by atomic mass is 10.1. The Morgan fingerprint density at radius 2 is 2.06 bits per heavy atom. The van der Waals surface area contributed by atoms with Crippen molar-refractivity contribution in [3.63, 3.8) is 0 Å². The predicted octanol–water partition coefficient (Wildman–Crippen LogP) is 1.69. The fraction of sp³-hybridized carbons (Fsp3) is 0.429. The van der Waals surface area contributed by atoms with E-state index in [-0.39, 0.29) is 5.91 Å². The van der Waals surface area contributed by atoms with Crippen molar-refractivity contribution in [3.8, 4) is 6.07 Å². The summed E-state index contributed by atoms with van der Waals surface area (Å²) in [6.07, 6.45) is 2.97. The van der Waals surface area contributed by atoms with Gasteiger partial charge in [-0.15, -0.1) is 0 Å². The smallest absolute Gasteiger partial charge is 0.238 e. The highest BCUT2D eigenvalue weighted by Gasteiger charge is 2.20. The van der Waals surface area contributed by atoms with E-state index in [4.69, 9.17) is 5.26 Å². The van der Waals surface area contributed by atoms with Crippen molar-refractivity contribution in [2.75, 3.05) is 18.4 Å². The van der Waals surface area contributed by atoms with E-state index in [0.29, 0.717) is 13.0 Å². The SMILES string of the molecule is N#CCc1ccc(NC(=O)CNCC2CC2)cc1. The van der Waals surface area contributed by atoms with Crippen LogP contribution in [0.4, 0.5) is 5.69 Å². The third-order valence-electron chi connectivity index (χ3n) is 2.94. The van der Waals surface area contributed by atoms with E-state index in [2.05, 4.69) is 16.7 Å². The molecule has 0 heterocycles. The molecule has 1 saturated carbocycles. The Morgan fingerprint density at radius 1 is 1.33 bits per heavy atom. The molecule has 4 heteroatoms. The van der Waals surface area contributed by atoms with Crippen LogP contribution in [0.2, 0.25) is 0 Å². The summed E-state index contributed by atoms with van der Waals surface area (Å²) in [6.45, 7) is 1.30. The van der Waals surface area contributed by atoms with Crippen LogP contribution in [-0.2, 0) is 11.2 Å². The monoisotopic (exact) mass is 243 g/mol. The molecule has 0 aliphatic heterocycles. The molecule has 2 N–H and O–H groups in total. The van der Waals surface area contributed by atoms with E-state index in [1.165, 1.54) is 12.8 Å². The number of benzene rings is 1. The van der Waals surface area contributed by atoms with E-state index in [0.717, 1.165) is 23.7 Å². The Labute approximate surface area is 107 Å². The van der Waals surface area contributed by atoms with Crippen LogP contribution in [0.1, 0.15) is 18.4 Å². The molecule has 1 fully saturated rings. The summed E-state index contributed by atoms with van der Waals surface area (Å²) < 4.78 is 0. The topological polar surface area (TPSA) is 64.9 Å². The molecule has 1 aliphatic rings. The number of carbonyl (C=O) groups excluding carboxylic acids is 1. The molecule has 1 aromatic rings. The van der Waals surface area contributed by atoms with Crippen LogP contribution in [0.5, 0.6) is 0 Å². The first-order valence-corrected chi connectivity index (χ1v) is 6.24. The Kier molecular flexibility index (Phi) is 4.32. The van der Waals surface area contributed by atoms with Gasteiger partial charge >= 0.3 is 0 Å². The first-order valence-electron chi connectivity index (χ1n) is 6.24. The molecule has 0 bridgehead atoms. The summed E-state index contributed by atoms with van der Waals surface area (Å²) in [5.74, 6) is 0.756. The van der Waals surface area contributed by atoms with Crippen LogP contribution in [-0.4, -0.2) is 19.0 Å². The third kappa shape index (κ3) is 4.19. The summed E-state index contributed by atoms with van der Waals surface area (Å²) >= 11 is 0.